The second kappa shape index (κ2) is 6.06. The number of hydrogen-bond acceptors (Lipinski definition) is 3. The lowest BCUT2D eigenvalue weighted by atomic mass is 9.99. The van der Waals surface area contributed by atoms with Gasteiger partial charge in [-0.25, -0.2) is 4.39 Å². The number of thioether (sulfide) groups is 1. The minimum atomic E-state index is -0.937. The Balaban J connectivity index is 1.95. The molecule has 0 atom stereocenters. The number of hydrogen-bond donors (Lipinski definition) is 1. The van der Waals surface area contributed by atoms with Gasteiger partial charge in [-0.2, -0.15) is 0 Å². The van der Waals surface area contributed by atoms with Crippen LogP contribution in [0.3, 0.4) is 0 Å². The predicted octanol–water partition coefficient (Wildman–Crippen LogP) is 1.53. The van der Waals surface area contributed by atoms with Crippen molar-refractivity contribution >= 4 is 23.6 Å². The van der Waals surface area contributed by atoms with Gasteiger partial charge in [0.25, 0.3) is 0 Å². The van der Waals surface area contributed by atoms with E-state index in [0.717, 1.165) is 17.3 Å². The second-order valence-electron chi connectivity index (χ2n) is 4.33. The number of amides is 1. The van der Waals surface area contributed by atoms with E-state index in [9.17, 15) is 14.0 Å². The Bertz CT molecular complexity index is 507. The van der Waals surface area contributed by atoms with Crippen LogP contribution < -0.4 is 0 Å². The summed E-state index contributed by atoms with van der Waals surface area (Å²) in [5.41, 5.74) is 1.52. The highest BCUT2D eigenvalue weighted by molar-refractivity contribution is 8.00. The maximum absolute atomic E-state index is 13.6. The summed E-state index contributed by atoms with van der Waals surface area (Å²) >= 11 is 1.06. The average molecular weight is 283 g/mol. The molecule has 4 nitrogen and oxygen atoms in total. The molecule has 0 aliphatic carbocycles. The van der Waals surface area contributed by atoms with Gasteiger partial charge in [0.2, 0.25) is 5.91 Å². The largest absolute Gasteiger partial charge is 0.481 e. The number of rotatable bonds is 4. The molecule has 1 aromatic carbocycles. The van der Waals surface area contributed by atoms with Gasteiger partial charge in [-0.1, -0.05) is 12.1 Å². The maximum Gasteiger partial charge on any atom is 0.313 e. The highest BCUT2D eigenvalue weighted by Crippen LogP contribution is 2.22. The summed E-state index contributed by atoms with van der Waals surface area (Å²) < 4.78 is 13.6. The predicted molar refractivity (Wildman–Crippen MR) is 70.5 cm³/mol. The molecule has 1 aliphatic heterocycles. The fraction of sp³-hybridized carbons (Fsp3) is 0.385. The van der Waals surface area contributed by atoms with Crippen LogP contribution in [0.15, 0.2) is 18.2 Å². The SMILES string of the molecule is O=C(O)CSCC(=O)N1CCc2cccc(F)c2C1. The highest BCUT2D eigenvalue weighted by atomic mass is 32.2. The monoisotopic (exact) mass is 283 g/mol. The Labute approximate surface area is 114 Å². The molecule has 0 saturated heterocycles. The van der Waals surface area contributed by atoms with E-state index >= 15 is 0 Å². The first-order valence-corrected chi connectivity index (χ1v) is 7.07. The van der Waals surface area contributed by atoms with Gasteiger partial charge in [-0.15, -0.1) is 11.8 Å². The van der Waals surface area contributed by atoms with Crippen molar-refractivity contribution in [3.05, 3.63) is 35.1 Å². The summed E-state index contributed by atoms with van der Waals surface area (Å²) in [6.07, 6.45) is 0.641. The van der Waals surface area contributed by atoms with E-state index in [1.807, 2.05) is 6.07 Å². The lowest BCUT2D eigenvalue weighted by Gasteiger charge is -2.29. The standard InChI is InChI=1S/C13H14FNO3S/c14-11-3-1-2-9-4-5-15(6-10(9)11)12(16)7-19-8-13(17)18/h1-3H,4-8H2,(H,17,18). The van der Waals surface area contributed by atoms with E-state index < -0.39 is 5.97 Å². The van der Waals surface area contributed by atoms with E-state index in [0.29, 0.717) is 18.5 Å². The number of halogens is 1. The van der Waals surface area contributed by atoms with E-state index in [2.05, 4.69) is 0 Å². The Kier molecular flexibility index (Phi) is 4.42. The number of nitrogens with zero attached hydrogens (tertiary/aromatic N) is 1. The van der Waals surface area contributed by atoms with Crippen molar-refractivity contribution in [3.8, 4) is 0 Å². The minimum Gasteiger partial charge on any atom is -0.481 e. The number of aliphatic carboxylic acids is 1. The van der Waals surface area contributed by atoms with Crippen molar-refractivity contribution in [2.75, 3.05) is 18.1 Å². The molecule has 1 amide bonds. The van der Waals surface area contributed by atoms with Crippen LogP contribution in [0.1, 0.15) is 11.1 Å². The molecule has 0 saturated carbocycles. The Morgan fingerprint density at radius 2 is 2.16 bits per heavy atom. The molecule has 1 heterocycles. The highest BCUT2D eigenvalue weighted by Gasteiger charge is 2.22. The minimum absolute atomic E-state index is 0.0927. The third-order valence-corrected chi connectivity index (χ3v) is 3.92. The maximum atomic E-state index is 13.6. The number of carbonyl (C=O) groups is 2. The van der Waals surface area contributed by atoms with Crippen molar-refractivity contribution in [3.63, 3.8) is 0 Å². The van der Waals surface area contributed by atoms with E-state index in [1.165, 1.54) is 6.07 Å². The average Bonchev–Trinajstić information content (AvgIpc) is 2.38. The van der Waals surface area contributed by atoms with E-state index in [1.54, 1.807) is 11.0 Å². The zero-order valence-electron chi connectivity index (χ0n) is 10.3. The summed E-state index contributed by atoms with van der Waals surface area (Å²) in [6.45, 7) is 0.831. The topological polar surface area (TPSA) is 57.6 Å². The first-order chi connectivity index (χ1) is 9.08. The quantitative estimate of drug-likeness (QED) is 0.910. The zero-order chi connectivity index (χ0) is 13.8. The van der Waals surface area contributed by atoms with E-state index in [-0.39, 0.29) is 29.8 Å². The number of carbonyl (C=O) groups excluding carboxylic acids is 1. The van der Waals surface area contributed by atoms with Gasteiger partial charge in [-0.3, -0.25) is 9.59 Å². The Hall–Kier alpha value is -1.56. The van der Waals surface area contributed by atoms with Crippen LogP contribution in [-0.4, -0.2) is 39.9 Å². The van der Waals surface area contributed by atoms with Gasteiger partial charge >= 0.3 is 5.97 Å². The van der Waals surface area contributed by atoms with Crippen LogP contribution in [0.5, 0.6) is 0 Å². The molecule has 0 radical (unpaired) electrons. The van der Waals surface area contributed by atoms with Crippen molar-refractivity contribution < 1.29 is 19.1 Å². The molecule has 0 bridgehead atoms. The number of fused-ring (bicyclic) bond motifs is 1. The molecule has 0 aromatic heterocycles. The van der Waals surface area contributed by atoms with Crippen LogP contribution in [0.4, 0.5) is 4.39 Å². The molecule has 1 aliphatic rings. The lowest BCUT2D eigenvalue weighted by molar-refractivity contribution is -0.133. The van der Waals surface area contributed by atoms with Crippen LogP contribution in [0, 0.1) is 5.82 Å². The van der Waals surface area contributed by atoms with Crippen LogP contribution in [0.2, 0.25) is 0 Å². The van der Waals surface area contributed by atoms with Crippen molar-refractivity contribution in [2.45, 2.75) is 13.0 Å². The smallest absolute Gasteiger partial charge is 0.313 e. The van der Waals surface area contributed by atoms with Gasteiger partial charge in [0.05, 0.1) is 11.5 Å². The second-order valence-corrected chi connectivity index (χ2v) is 5.31. The molecule has 6 heteroatoms. The van der Waals surface area contributed by atoms with Crippen LogP contribution in [-0.2, 0) is 22.6 Å². The molecule has 1 aromatic rings. The number of carboxylic acids is 1. The fourth-order valence-corrected chi connectivity index (χ4v) is 2.70. The zero-order valence-corrected chi connectivity index (χ0v) is 11.1. The summed E-state index contributed by atoms with van der Waals surface area (Å²) in [6, 6.07) is 4.94. The molecule has 0 spiro atoms. The van der Waals surface area contributed by atoms with Gasteiger partial charge in [0.1, 0.15) is 5.82 Å². The van der Waals surface area contributed by atoms with Gasteiger partial charge in [0.15, 0.2) is 0 Å². The normalized spacial score (nSPS) is 14.1. The Morgan fingerprint density at radius 1 is 1.37 bits per heavy atom. The number of benzene rings is 1. The molecule has 0 fully saturated rings. The third kappa shape index (κ3) is 3.47. The summed E-state index contributed by atoms with van der Waals surface area (Å²) in [5, 5.41) is 8.51. The molecule has 1 N–H and O–H groups in total. The van der Waals surface area contributed by atoms with Gasteiger partial charge in [0, 0.05) is 18.7 Å². The summed E-state index contributed by atoms with van der Waals surface area (Å²) in [4.78, 5) is 23.8. The molecular formula is C13H14FNO3S. The molecule has 102 valence electrons. The summed E-state index contributed by atoms with van der Waals surface area (Å²) in [5.74, 6) is -1.33. The van der Waals surface area contributed by atoms with Crippen molar-refractivity contribution in [1.29, 1.82) is 0 Å². The van der Waals surface area contributed by atoms with Crippen LogP contribution >= 0.6 is 11.8 Å². The van der Waals surface area contributed by atoms with Gasteiger partial charge in [-0.05, 0) is 18.1 Å². The Morgan fingerprint density at radius 3 is 2.89 bits per heavy atom. The molecule has 19 heavy (non-hydrogen) atoms. The first-order valence-electron chi connectivity index (χ1n) is 5.91. The fourth-order valence-electron chi connectivity index (χ4n) is 2.07. The molecule has 2 rings (SSSR count). The molecule has 0 unspecified atom stereocenters. The van der Waals surface area contributed by atoms with Crippen molar-refractivity contribution in [2.24, 2.45) is 0 Å². The molecular weight excluding hydrogens is 269 g/mol. The van der Waals surface area contributed by atoms with E-state index in [4.69, 9.17) is 5.11 Å². The van der Waals surface area contributed by atoms with Gasteiger partial charge < -0.3 is 10.0 Å². The van der Waals surface area contributed by atoms with Crippen LogP contribution in [0.25, 0.3) is 0 Å². The lowest BCUT2D eigenvalue weighted by Crippen LogP contribution is -2.37. The number of carboxylic acid groups (broad SMARTS) is 1. The first kappa shape index (κ1) is 13.9. The summed E-state index contributed by atoms with van der Waals surface area (Å²) in [7, 11) is 0. The van der Waals surface area contributed by atoms with Crippen molar-refractivity contribution in [1.82, 2.24) is 4.90 Å². The third-order valence-electron chi connectivity index (χ3n) is 3.02.